The van der Waals surface area contributed by atoms with Crippen molar-refractivity contribution >= 4 is 22.8 Å². The van der Waals surface area contributed by atoms with Crippen LogP contribution in [0.15, 0.2) is 42.7 Å². The molecule has 0 N–H and O–H groups in total. The van der Waals surface area contributed by atoms with Gasteiger partial charge in [0.25, 0.3) is 0 Å². The maximum absolute atomic E-state index is 12.9. The van der Waals surface area contributed by atoms with Crippen molar-refractivity contribution in [2.45, 2.75) is 37.8 Å². The van der Waals surface area contributed by atoms with Crippen LogP contribution < -0.4 is 14.4 Å². The first kappa shape index (κ1) is 19.9. The zero-order valence-electron chi connectivity index (χ0n) is 18.2. The van der Waals surface area contributed by atoms with Crippen molar-refractivity contribution in [1.82, 2.24) is 9.55 Å². The molecule has 3 heterocycles. The Kier molecular flexibility index (Phi) is 4.64. The molecule has 1 aromatic heterocycles. The predicted octanol–water partition coefficient (Wildman–Crippen LogP) is 4.26. The summed E-state index contributed by atoms with van der Waals surface area (Å²) in [6.07, 6.45) is 5.27. The van der Waals surface area contributed by atoms with Gasteiger partial charge in [0.2, 0.25) is 0 Å². The number of anilines is 1. The number of hydrogen-bond acceptors (Lipinski definition) is 6. The molecule has 8 nitrogen and oxygen atoms in total. The molecule has 1 spiro atoms. The lowest BCUT2D eigenvalue weighted by Gasteiger charge is -2.36. The fraction of sp³-hybridized carbons (Fsp3) is 0.400. The average molecular weight is 444 g/mol. The van der Waals surface area contributed by atoms with Crippen molar-refractivity contribution in [1.29, 1.82) is 5.26 Å². The largest absolute Gasteiger partial charge is 0.486 e. The van der Waals surface area contributed by atoms with E-state index in [1.807, 2.05) is 36.7 Å². The molecule has 3 aliphatic rings. The first-order chi connectivity index (χ1) is 16.1. The topological polar surface area (TPSA) is 89.6 Å². The molecule has 8 heteroatoms. The third-order valence-electron chi connectivity index (χ3n) is 6.92. The Labute approximate surface area is 191 Å². The van der Waals surface area contributed by atoms with Crippen LogP contribution >= 0.6 is 0 Å². The second-order valence-electron chi connectivity index (χ2n) is 9.14. The lowest BCUT2D eigenvalue weighted by molar-refractivity contribution is 0.00439. The van der Waals surface area contributed by atoms with Crippen LogP contribution in [-0.2, 0) is 11.3 Å². The van der Waals surface area contributed by atoms with E-state index in [0.717, 1.165) is 48.9 Å². The van der Waals surface area contributed by atoms with Gasteiger partial charge in [-0.05, 0) is 61.9 Å². The number of nitriles is 1. The summed E-state index contributed by atoms with van der Waals surface area (Å²) in [5, 5.41) is 9.25. The molecule has 1 amide bonds. The highest BCUT2D eigenvalue weighted by molar-refractivity contribution is 5.90. The van der Waals surface area contributed by atoms with Gasteiger partial charge in [0.1, 0.15) is 18.8 Å². The summed E-state index contributed by atoms with van der Waals surface area (Å²) in [7, 11) is 0. The van der Waals surface area contributed by atoms with Crippen molar-refractivity contribution in [3.05, 3.63) is 48.3 Å². The van der Waals surface area contributed by atoms with E-state index in [9.17, 15) is 10.1 Å². The number of fused-ring (bicyclic) bond motifs is 2. The minimum Gasteiger partial charge on any atom is -0.486 e. The molecule has 2 fully saturated rings. The average Bonchev–Trinajstić information content (AvgIpc) is 3.38. The van der Waals surface area contributed by atoms with Crippen LogP contribution in [0.4, 0.5) is 10.5 Å². The van der Waals surface area contributed by atoms with Crippen LogP contribution in [0.1, 0.15) is 31.2 Å². The normalized spacial score (nSPS) is 24.2. The summed E-state index contributed by atoms with van der Waals surface area (Å²) in [5.41, 5.74) is 2.77. The molecule has 1 unspecified atom stereocenters. The molecule has 2 aromatic carbocycles. The standard InChI is InChI=1S/C25H24N4O4/c26-13-17-3-5-20-21(10-17)28(16-27-20)14-18-2-1-7-25(12-18)15-29(24(30)33-25)19-4-6-22-23(11-19)32-9-8-31-22/h3-6,10-11,16,18H,1-2,7-9,12,14-15H2/t18?,25-/m0/s1. The zero-order valence-corrected chi connectivity index (χ0v) is 18.2. The van der Waals surface area contributed by atoms with E-state index >= 15 is 0 Å². The van der Waals surface area contributed by atoms with Gasteiger partial charge >= 0.3 is 6.09 Å². The Bertz CT molecular complexity index is 1280. The van der Waals surface area contributed by atoms with Crippen LogP contribution in [0.3, 0.4) is 0 Å². The van der Waals surface area contributed by atoms with Crippen molar-refractivity contribution in [2.24, 2.45) is 5.92 Å². The van der Waals surface area contributed by atoms with Gasteiger partial charge in [-0.3, -0.25) is 4.90 Å². The van der Waals surface area contributed by atoms with Crippen LogP contribution in [0.25, 0.3) is 11.0 Å². The number of carbonyl (C=O) groups excluding carboxylic acids is 1. The fourth-order valence-electron chi connectivity index (χ4n) is 5.41. The van der Waals surface area contributed by atoms with E-state index < -0.39 is 5.60 Å². The Hall–Kier alpha value is -3.73. The minimum absolute atomic E-state index is 0.306. The molecule has 168 valence electrons. The first-order valence-electron chi connectivity index (χ1n) is 11.4. The minimum atomic E-state index is -0.485. The fourth-order valence-corrected chi connectivity index (χ4v) is 5.41. The van der Waals surface area contributed by atoms with E-state index in [1.54, 1.807) is 11.0 Å². The lowest BCUT2D eigenvalue weighted by atomic mass is 9.78. The van der Waals surface area contributed by atoms with E-state index in [4.69, 9.17) is 14.2 Å². The highest BCUT2D eigenvalue weighted by Crippen LogP contribution is 2.43. The van der Waals surface area contributed by atoms with E-state index in [0.29, 0.717) is 42.7 Å². The van der Waals surface area contributed by atoms with Gasteiger partial charge in [0.15, 0.2) is 11.5 Å². The number of nitrogens with zero attached hydrogens (tertiary/aromatic N) is 4. The lowest BCUT2D eigenvalue weighted by Crippen LogP contribution is -2.40. The molecule has 1 aliphatic carbocycles. The highest BCUT2D eigenvalue weighted by Gasteiger charge is 2.48. The predicted molar refractivity (Wildman–Crippen MR) is 120 cm³/mol. The van der Waals surface area contributed by atoms with E-state index in [2.05, 4.69) is 15.6 Å². The van der Waals surface area contributed by atoms with Gasteiger partial charge in [-0.2, -0.15) is 5.26 Å². The zero-order chi connectivity index (χ0) is 22.4. The molecule has 33 heavy (non-hydrogen) atoms. The number of rotatable bonds is 3. The molecular formula is C25H24N4O4. The van der Waals surface area contributed by atoms with Crippen LogP contribution in [0.5, 0.6) is 11.5 Å². The van der Waals surface area contributed by atoms with Crippen molar-refractivity contribution < 1.29 is 19.0 Å². The molecule has 1 saturated carbocycles. The third kappa shape index (κ3) is 3.54. The van der Waals surface area contributed by atoms with Gasteiger partial charge in [0.05, 0.1) is 41.2 Å². The van der Waals surface area contributed by atoms with Crippen LogP contribution in [0.2, 0.25) is 0 Å². The number of hydrogen-bond donors (Lipinski definition) is 0. The van der Waals surface area contributed by atoms with Gasteiger partial charge < -0.3 is 18.8 Å². The molecule has 3 aromatic rings. The monoisotopic (exact) mass is 444 g/mol. The Morgan fingerprint density at radius 2 is 2.03 bits per heavy atom. The van der Waals surface area contributed by atoms with Gasteiger partial charge in [-0.25, -0.2) is 9.78 Å². The number of imidazole rings is 1. The molecule has 6 rings (SSSR count). The summed E-state index contributed by atoms with van der Waals surface area (Å²) < 4.78 is 19.4. The number of ether oxygens (including phenoxy) is 3. The molecule has 0 bridgehead atoms. The molecule has 1 saturated heterocycles. The summed E-state index contributed by atoms with van der Waals surface area (Å²) in [6, 6.07) is 13.4. The molecule has 2 atom stereocenters. The molecular weight excluding hydrogens is 420 g/mol. The number of benzene rings is 2. The second-order valence-corrected chi connectivity index (χ2v) is 9.14. The quantitative estimate of drug-likeness (QED) is 0.600. The van der Waals surface area contributed by atoms with E-state index in [-0.39, 0.29) is 6.09 Å². The third-order valence-corrected chi connectivity index (χ3v) is 6.92. The highest BCUT2D eigenvalue weighted by atomic mass is 16.6. The van der Waals surface area contributed by atoms with Crippen molar-refractivity contribution in [3.63, 3.8) is 0 Å². The van der Waals surface area contributed by atoms with Gasteiger partial charge in [0, 0.05) is 12.6 Å². The summed E-state index contributed by atoms with van der Waals surface area (Å²) in [5.74, 6) is 1.73. The van der Waals surface area contributed by atoms with Crippen molar-refractivity contribution in [2.75, 3.05) is 24.7 Å². The smallest absolute Gasteiger partial charge is 0.415 e. The number of carbonyl (C=O) groups is 1. The maximum atomic E-state index is 12.9. The van der Waals surface area contributed by atoms with Gasteiger partial charge in [-0.15, -0.1) is 0 Å². The Morgan fingerprint density at radius 3 is 2.91 bits per heavy atom. The Morgan fingerprint density at radius 1 is 1.15 bits per heavy atom. The molecule has 2 aliphatic heterocycles. The van der Waals surface area contributed by atoms with Gasteiger partial charge in [-0.1, -0.05) is 0 Å². The van der Waals surface area contributed by atoms with E-state index in [1.165, 1.54) is 0 Å². The molecule has 0 radical (unpaired) electrons. The maximum Gasteiger partial charge on any atom is 0.415 e. The first-order valence-corrected chi connectivity index (χ1v) is 11.4. The Balaban J connectivity index is 1.21. The summed E-state index contributed by atoms with van der Waals surface area (Å²) >= 11 is 0. The van der Waals surface area contributed by atoms with Crippen LogP contribution in [0, 0.1) is 17.2 Å². The van der Waals surface area contributed by atoms with Crippen LogP contribution in [-0.4, -0.2) is 41.0 Å². The summed E-state index contributed by atoms with van der Waals surface area (Å²) in [6.45, 7) is 2.36. The SMILES string of the molecule is N#Cc1ccc2ncn(CC3CCC[C@]4(C3)CN(c3ccc5c(c3)OCCO5)C(=O)O4)c2c1. The summed E-state index contributed by atoms with van der Waals surface area (Å²) in [4.78, 5) is 19.1. The number of amides is 1. The number of aromatic nitrogens is 2. The second kappa shape index (κ2) is 7.69. The van der Waals surface area contributed by atoms with Crippen molar-refractivity contribution in [3.8, 4) is 17.6 Å².